The van der Waals surface area contributed by atoms with Gasteiger partial charge in [0.25, 0.3) is 5.91 Å². The molecule has 0 bridgehead atoms. The number of hydrogen-bond acceptors (Lipinski definition) is 4. The molecule has 24 heavy (non-hydrogen) atoms. The predicted octanol–water partition coefficient (Wildman–Crippen LogP) is 2.71. The molecule has 2 N–H and O–H groups in total. The molecule has 2 heterocycles. The van der Waals surface area contributed by atoms with Gasteiger partial charge in [0.2, 0.25) is 0 Å². The summed E-state index contributed by atoms with van der Waals surface area (Å²) in [7, 11) is 1.55. The smallest absolute Gasteiger partial charge is 0.253 e. The van der Waals surface area contributed by atoms with Crippen molar-refractivity contribution in [2.24, 2.45) is 11.7 Å². The lowest BCUT2D eigenvalue weighted by atomic mass is 9.86. The highest BCUT2D eigenvalue weighted by Crippen LogP contribution is 2.30. The highest BCUT2D eigenvalue weighted by Gasteiger charge is 2.32. The predicted molar refractivity (Wildman–Crippen MR) is 93.6 cm³/mol. The van der Waals surface area contributed by atoms with Gasteiger partial charge in [-0.3, -0.25) is 4.79 Å². The average Bonchev–Trinajstić information content (AvgIpc) is 2.62. The van der Waals surface area contributed by atoms with Gasteiger partial charge in [-0.2, -0.15) is 0 Å². The number of halogens is 1. The summed E-state index contributed by atoms with van der Waals surface area (Å²) in [5, 5.41) is 0.513. The Hall–Kier alpha value is -1.30. The molecule has 0 aliphatic carbocycles. The number of rotatable bonds is 3. The van der Waals surface area contributed by atoms with Crippen molar-refractivity contribution in [2.75, 3.05) is 26.8 Å². The summed E-state index contributed by atoms with van der Waals surface area (Å²) < 4.78 is 11.1. The van der Waals surface area contributed by atoms with E-state index in [2.05, 4.69) is 0 Å². The number of hydrogen-bond donors (Lipinski definition) is 1. The Labute approximate surface area is 148 Å². The molecule has 5 nitrogen and oxygen atoms in total. The number of nitrogens with two attached hydrogens (primary N) is 1. The van der Waals surface area contributed by atoms with E-state index in [0.717, 1.165) is 45.4 Å². The lowest BCUT2D eigenvalue weighted by Gasteiger charge is -2.38. The quantitative estimate of drug-likeness (QED) is 0.908. The number of carbonyl (C=O) groups excluding carboxylic acids is 1. The third kappa shape index (κ3) is 3.85. The molecule has 6 heteroatoms. The Morgan fingerprint density at radius 3 is 2.75 bits per heavy atom. The summed E-state index contributed by atoms with van der Waals surface area (Å²) in [5.74, 6) is 1.06. The fourth-order valence-electron chi connectivity index (χ4n) is 3.63. The number of amides is 1. The van der Waals surface area contributed by atoms with E-state index in [0.29, 0.717) is 22.3 Å². The van der Waals surface area contributed by atoms with E-state index in [4.69, 9.17) is 26.8 Å². The van der Waals surface area contributed by atoms with Gasteiger partial charge in [0.1, 0.15) is 5.75 Å². The fourth-order valence-corrected chi connectivity index (χ4v) is 3.83. The van der Waals surface area contributed by atoms with E-state index < -0.39 is 0 Å². The van der Waals surface area contributed by atoms with Crippen LogP contribution in [0.15, 0.2) is 18.2 Å². The lowest BCUT2D eigenvalue weighted by molar-refractivity contribution is -0.0419. The fraction of sp³-hybridized carbons (Fsp3) is 0.611. The van der Waals surface area contributed by atoms with Gasteiger partial charge in [0, 0.05) is 31.3 Å². The SMILES string of the molecule is COc1cc(C(=O)N2CCC(C3CC(N)CCO3)CC2)ccc1Cl. The molecule has 2 atom stereocenters. The molecule has 2 saturated heterocycles. The number of nitrogens with zero attached hydrogens (tertiary/aromatic N) is 1. The first-order valence-electron chi connectivity index (χ1n) is 8.58. The van der Waals surface area contributed by atoms with Crippen LogP contribution in [0.2, 0.25) is 5.02 Å². The van der Waals surface area contributed by atoms with Crippen molar-refractivity contribution in [3.05, 3.63) is 28.8 Å². The molecule has 132 valence electrons. The van der Waals surface area contributed by atoms with Crippen LogP contribution in [0.5, 0.6) is 5.75 Å². The highest BCUT2D eigenvalue weighted by molar-refractivity contribution is 6.32. The van der Waals surface area contributed by atoms with Crippen molar-refractivity contribution in [1.82, 2.24) is 4.90 Å². The summed E-state index contributed by atoms with van der Waals surface area (Å²) in [4.78, 5) is 14.6. The lowest BCUT2D eigenvalue weighted by Crippen LogP contribution is -2.45. The average molecular weight is 353 g/mol. The zero-order valence-corrected chi connectivity index (χ0v) is 14.8. The van der Waals surface area contributed by atoms with Crippen molar-refractivity contribution in [3.8, 4) is 5.75 Å². The molecule has 1 amide bonds. The van der Waals surface area contributed by atoms with Crippen LogP contribution in [0.4, 0.5) is 0 Å². The third-order valence-electron chi connectivity index (χ3n) is 5.11. The molecule has 0 saturated carbocycles. The van der Waals surface area contributed by atoms with E-state index >= 15 is 0 Å². The minimum Gasteiger partial charge on any atom is -0.495 e. The molecular formula is C18H25ClN2O3. The van der Waals surface area contributed by atoms with Crippen LogP contribution >= 0.6 is 11.6 Å². The Bertz CT molecular complexity index is 588. The van der Waals surface area contributed by atoms with Crippen LogP contribution in [-0.2, 0) is 4.74 Å². The van der Waals surface area contributed by atoms with E-state index in [-0.39, 0.29) is 18.1 Å². The molecular weight excluding hydrogens is 328 g/mol. The van der Waals surface area contributed by atoms with E-state index in [1.807, 2.05) is 4.90 Å². The number of ether oxygens (including phenoxy) is 2. The molecule has 2 unspecified atom stereocenters. The number of likely N-dealkylation sites (tertiary alicyclic amines) is 1. The second-order valence-electron chi connectivity index (χ2n) is 6.67. The first kappa shape index (κ1) is 17.5. The largest absolute Gasteiger partial charge is 0.495 e. The molecule has 1 aromatic carbocycles. The maximum absolute atomic E-state index is 12.7. The minimum atomic E-state index is 0.0321. The first-order valence-corrected chi connectivity index (χ1v) is 8.96. The van der Waals surface area contributed by atoms with E-state index in [1.165, 1.54) is 0 Å². The van der Waals surface area contributed by atoms with Crippen LogP contribution in [0.1, 0.15) is 36.0 Å². The van der Waals surface area contributed by atoms with Gasteiger partial charge in [-0.15, -0.1) is 0 Å². The normalized spacial score (nSPS) is 25.5. The maximum Gasteiger partial charge on any atom is 0.253 e. The zero-order chi connectivity index (χ0) is 17.1. The summed E-state index contributed by atoms with van der Waals surface area (Å²) in [6, 6.07) is 5.42. The maximum atomic E-state index is 12.7. The molecule has 1 aromatic rings. The van der Waals surface area contributed by atoms with Crippen molar-refractivity contribution in [1.29, 1.82) is 0 Å². The number of piperidine rings is 1. The van der Waals surface area contributed by atoms with Crippen LogP contribution in [0.25, 0.3) is 0 Å². The summed E-state index contributed by atoms with van der Waals surface area (Å²) >= 11 is 6.03. The van der Waals surface area contributed by atoms with Crippen molar-refractivity contribution < 1.29 is 14.3 Å². The third-order valence-corrected chi connectivity index (χ3v) is 5.42. The minimum absolute atomic E-state index is 0.0321. The van der Waals surface area contributed by atoms with Gasteiger partial charge in [-0.05, 0) is 49.8 Å². The van der Waals surface area contributed by atoms with Crippen molar-refractivity contribution in [2.45, 2.75) is 37.8 Å². The Morgan fingerprint density at radius 2 is 2.08 bits per heavy atom. The van der Waals surface area contributed by atoms with Gasteiger partial charge in [-0.1, -0.05) is 11.6 Å². The number of methoxy groups -OCH3 is 1. The number of carbonyl (C=O) groups is 1. The van der Waals surface area contributed by atoms with Crippen LogP contribution in [0, 0.1) is 5.92 Å². The van der Waals surface area contributed by atoms with Gasteiger partial charge >= 0.3 is 0 Å². The Kier molecular flexibility index (Phi) is 5.64. The Balaban J connectivity index is 1.59. The molecule has 0 spiro atoms. The highest BCUT2D eigenvalue weighted by atomic mass is 35.5. The molecule has 2 aliphatic heterocycles. The molecule has 2 fully saturated rings. The van der Waals surface area contributed by atoms with Gasteiger partial charge in [-0.25, -0.2) is 0 Å². The van der Waals surface area contributed by atoms with E-state index in [1.54, 1.807) is 25.3 Å². The second kappa shape index (κ2) is 7.72. The number of benzene rings is 1. The molecule has 3 rings (SSSR count). The molecule has 2 aliphatic rings. The second-order valence-corrected chi connectivity index (χ2v) is 7.08. The summed E-state index contributed by atoms with van der Waals surface area (Å²) in [6.45, 7) is 2.27. The summed E-state index contributed by atoms with van der Waals surface area (Å²) in [5.41, 5.74) is 6.67. The zero-order valence-electron chi connectivity index (χ0n) is 14.0. The first-order chi connectivity index (χ1) is 11.6. The van der Waals surface area contributed by atoms with Gasteiger partial charge < -0.3 is 20.1 Å². The topological polar surface area (TPSA) is 64.8 Å². The van der Waals surface area contributed by atoms with Crippen LogP contribution in [-0.4, -0.2) is 49.8 Å². The van der Waals surface area contributed by atoms with E-state index in [9.17, 15) is 4.79 Å². The molecule has 0 radical (unpaired) electrons. The van der Waals surface area contributed by atoms with Crippen molar-refractivity contribution >= 4 is 17.5 Å². The molecule has 0 aromatic heterocycles. The summed E-state index contributed by atoms with van der Waals surface area (Å²) in [6.07, 6.45) is 4.07. The van der Waals surface area contributed by atoms with Crippen LogP contribution in [0.3, 0.4) is 0 Å². The van der Waals surface area contributed by atoms with Gasteiger partial charge in [0.05, 0.1) is 18.2 Å². The van der Waals surface area contributed by atoms with Crippen LogP contribution < -0.4 is 10.5 Å². The standard InChI is InChI=1S/C18H25ClN2O3/c1-23-17-10-13(2-3-15(17)19)18(22)21-7-4-12(5-8-21)16-11-14(20)6-9-24-16/h2-3,10,12,14,16H,4-9,11,20H2,1H3. The monoisotopic (exact) mass is 352 g/mol. The van der Waals surface area contributed by atoms with Gasteiger partial charge in [0.15, 0.2) is 0 Å². The van der Waals surface area contributed by atoms with Crippen molar-refractivity contribution in [3.63, 3.8) is 0 Å². The Morgan fingerprint density at radius 1 is 1.33 bits per heavy atom.